The van der Waals surface area contributed by atoms with Crippen LogP contribution in [-0.2, 0) is 4.79 Å². The number of amides is 1. The van der Waals surface area contributed by atoms with Gasteiger partial charge in [-0.1, -0.05) is 17.7 Å². The van der Waals surface area contributed by atoms with Crippen molar-refractivity contribution in [2.24, 2.45) is 0 Å². The van der Waals surface area contributed by atoms with E-state index < -0.39 is 12.0 Å². The number of carbonyl (C=O) groups excluding carboxylic acids is 1. The minimum atomic E-state index is -0.715. The number of benzene rings is 1. The van der Waals surface area contributed by atoms with E-state index in [-0.39, 0.29) is 5.69 Å². The molecule has 2 rings (SSSR count). The molecule has 0 radical (unpaired) electrons. The lowest BCUT2D eigenvalue weighted by Gasteiger charge is -2.28. The summed E-state index contributed by atoms with van der Waals surface area (Å²) in [6.07, 6.45) is -0.715. The summed E-state index contributed by atoms with van der Waals surface area (Å²) in [7, 11) is 0. The highest BCUT2D eigenvalue weighted by Crippen LogP contribution is 2.38. The highest BCUT2D eigenvalue weighted by atomic mass is 35.5. The molecule has 1 aromatic carbocycles. The number of hydrogen-bond donors (Lipinski definition) is 1. The van der Waals surface area contributed by atoms with Crippen molar-refractivity contribution < 1.29 is 14.7 Å². The summed E-state index contributed by atoms with van der Waals surface area (Å²) in [6.45, 7) is 1.55. The van der Waals surface area contributed by atoms with Crippen LogP contribution in [0.2, 0.25) is 5.02 Å². The van der Waals surface area contributed by atoms with E-state index in [2.05, 4.69) is 0 Å². The summed E-state index contributed by atoms with van der Waals surface area (Å²) in [5, 5.41) is 10.4. The van der Waals surface area contributed by atoms with Crippen LogP contribution in [0.5, 0.6) is 5.75 Å². The number of carbonyl (C=O) groups is 1. The van der Waals surface area contributed by atoms with Gasteiger partial charge in [-0.25, -0.2) is 0 Å². The molecule has 1 aliphatic rings. The van der Waals surface area contributed by atoms with Gasteiger partial charge in [0.2, 0.25) is 0 Å². The fourth-order valence-corrected chi connectivity index (χ4v) is 1.51. The Bertz CT molecular complexity index is 394. The Balaban J connectivity index is 2.56. The molecule has 1 N–H and O–H groups in total. The molecule has 5 heteroatoms. The Hall–Kier alpha value is -1.26. The van der Waals surface area contributed by atoms with Crippen LogP contribution in [0.4, 0.5) is 5.69 Å². The molecule has 0 saturated heterocycles. The van der Waals surface area contributed by atoms with E-state index in [0.717, 1.165) is 0 Å². The lowest BCUT2D eigenvalue weighted by molar-refractivity contribution is -0.131. The molecule has 1 unspecified atom stereocenters. The standard InChI is InChI=1S/C9H8ClNO3/c1-5-9(12)11(13)7-4-2-3-6(10)8(7)14-5/h2-5,13H,1H3. The van der Waals surface area contributed by atoms with Gasteiger partial charge >= 0.3 is 0 Å². The van der Waals surface area contributed by atoms with Crippen molar-refractivity contribution in [2.45, 2.75) is 13.0 Å². The number of hydroxylamine groups is 1. The first-order valence-electron chi connectivity index (χ1n) is 4.09. The number of hydrogen-bond acceptors (Lipinski definition) is 3. The molecule has 14 heavy (non-hydrogen) atoms. The summed E-state index contributed by atoms with van der Waals surface area (Å²) in [5.74, 6) is -0.163. The SMILES string of the molecule is CC1Oc2c(Cl)cccc2N(O)C1=O. The second-order valence-electron chi connectivity index (χ2n) is 3.00. The van der Waals surface area contributed by atoms with Crippen molar-refractivity contribution in [3.8, 4) is 5.75 Å². The number of nitrogens with zero attached hydrogens (tertiary/aromatic N) is 1. The van der Waals surface area contributed by atoms with E-state index in [1.165, 1.54) is 0 Å². The highest BCUT2D eigenvalue weighted by Gasteiger charge is 2.31. The molecule has 0 bridgehead atoms. The molecule has 0 spiro atoms. The first-order valence-corrected chi connectivity index (χ1v) is 4.47. The molecular weight excluding hydrogens is 206 g/mol. The van der Waals surface area contributed by atoms with E-state index >= 15 is 0 Å². The smallest absolute Gasteiger partial charge is 0.291 e. The molecule has 0 aliphatic carbocycles. The van der Waals surface area contributed by atoms with E-state index in [1.807, 2.05) is 0 Å². The number of ether oxygens (including phenoxy) is 1. The normalized spacial score (nSPS) is 20.4. The zero-order valence-corrected chi connectivity index (χ0v) is 8.15. The molecule has 1 aromatic rings. The van der Waals surface area contributed by atoms with E-state index in [4.69, 9.17) is 16.3 Å². The van der Waals surface area contributed by atoms with Gasteiger partial charge in [-0.15, -0.1) is 0 Å². The van der Waals surface area contributed by atoms with Crippen LogP contribution >= 0.6 is 11.6 Å². The number of anilines is 1. The van der Waals surface area contributed by atoms with Crippen molar-refractivity contribution in [1.29, 1.82) is 0 Å². The van der Waals surface area contributed by atoms with E-state index in [0.29, 0.717) is 15.8 Å². The van der Waals surface area contributed by atoms with Gasteiger partial charge in [0.1, 0.15) is 5.69 Å². The zero-order chi connectivity index (χ0) is 10.3. The van der Waals surface area contributed by atoms with E-state index in [1.54, 1.807) is 25.1 Å². The molecule has 0 fully saturated rings. The Morgan fingerprint density at radius 1 is 1.57 bits per heavy atom. The first kappa shape index (κ1) is 9.30. The highest BCUT2D eigenvalue weighted by molar-refractivity contribution is 6.32. The molecule has 1 amide bonds. The molecule has 0 saturated carbocycles. The number of fused-ring (bicyclic) bond motifs is 1. The predicted octanol–water partition coefficient (Wildman–Crippen LogP) is 1.84. The Labute approximate surface area is 85.6 Å². The van der Waals surface area contributed by atoms with Crippen LogP contribution in [0.25, 0.3) is 0 Å². The molecule has 1 atom stereocenters. The average Bonchev–Trinajstić information content (AvgIpc) is 2.17. The molecular formula is C9H8ClNO3. The Morgan fingerprint density at radius 3 is 3.00 bits per heavy atom. The second kappa shape index (κ2) is 3.15. The van der Waals surface area contributed by atoms with Crippen LogP contribution in [0.15, 0.2) is 18.2 Å². The Morgan fingerprint density at radius 2 is 2.29 bits per heavy atom. The summed E-state index contributed by atoms with van der Waals surface area (Å²) < 4.78 is 5.26. The van der Waals surface area contributed by atoms with Gasteiger partial charge in [-0.05, 0) is 19.1 Å². The van der Waals surface area contributed by atoms with Gasteiger partial charge in [-0.3, -0.25) is 10.0 Å². The summed E-state index contributed by atoms with van der Waals surface area (Å²) >= 11 is 5.85. The summed E-state index contributed by atoms with van der Waals surface area (Å²) in [4.78, 5) is 11.3. The van der Waals surface area contributed by atoms with Crippen molar-refractivity contribution in [1.82, 2.24) is 0 Å². The lowest BCUT2D eigenvalue weighted by atomic mass is 10.2. The third kappa shape index (κ3) is 1.23. The van der Waals surface area contributed by atoms with Crippen molar-refractivity contribution >= 4 is 23.2 Å². The second-order valence-corrected chi connectivity index (χ2v) is 3.41. The lowest BCUT2D eigenvalue weighted by Crippen LogP contribution is -2.42. The summed E-state index contributed by atoms with van der Waals surface area (Å²) in [5.41, 5.74) is 0.278. The van der Waals surface area contributed by atoms with Gasteiger partial charge in [0.05, 0.1) is 5.02 Å². The van der Waals surface area contributed by atoms with Gasteiger partial charge < -0.3 is 4.74 Å². The van der Waals surface area contributed by atoms with Crippen LogP contribution in [0.1, 0.15) is 6.92 Å². The fraction of sp³-hybridized carbons (Fsp3) is 0.222. The minimum absolute atomic E-state index is 0.278. The predicted molar refractivity (Wildman–Crippen MR) is 50.8 cm³/mol. The monoisotopic (exact) mass is 213 g/mol. The third-order valence-electron chi connectivity index (χ3n) is 2.03. The quantitative estimate of drug-likeness (QED) is 0.669. The molecule has 74 valence electrons. The first-order chi connectivity index (χ1) is 6.61. The number of halogens is 1. The van der Waals surface area contributed by atoms with Crippen LogP contribution in [0, 0.1) is 0 Å². The topological polar surface area (TPSA) is 49.8 Å². The van der Waals surface area contributed by atoms with Crippen molar-refractivity contribution in [2.75, 3.05) is 5.06 Å². The van der Waals surface area contributed by atoms with Gasteiger partial charge in [0.15, 0.2) is 11.9 Å². The third-order valence-corrected chi connectivity index (χ3v) is 2.32. The number of para-hydroxylation sites is 1. The van der Waals surface area contributed by atoms with Gasteiger partial charge in [0, 0.05) is 0 Å². The minimum Gasteiger partial charge on any atom is -0.477 e. The molecule has 1 aliphatic heterocycles. The van der Waals surface area contributed by atoms with Crippen LogP contribution in [0.3, 0.4) is 0 Å². The maximum Gasteiger partial charge on any atom is 0.291 e. The number of rotatable bonds is 0. The largest absolute Gasteiger partial charge is 0.477 e. The molecule has 0 aromatic heterocycles. The van der Waals surface area contributed by atoms with Crippen molar-refractivity contribution in [3.63, 3.8) is 0 Å². The van der Waals surface area contributed by atoms with Crippen molar-refractivity contribution in [3.05, 3.63) is 23.2 Å². The maximum atomic E-state index is 11.3. The zero-order valence-electron chi connectivity index (χ0n) is 7.40. The average molecular weight is 214 g/mol. The molecule has 4 nitrogen and oxygen atoms in total. The van der Waals surface area contributed by atoms with Crippen LogP contribution in [-0.4, -0.2) is 17.2 Å². The fourth-order valence-electron chi connectivity index (χ4n) is 1.30. The van der Waals surface area contributed by atoms with E-state index in [9.17, 15) is 10.0 Å². The summed E-state index contributed by atoms with van der Waals surface area (Å²) in [6, 6.07) is 4.83. The molecule has 1 heterocycles. The van der Waals surface area contributed by atoms with Gasteiger partial charge in [0.25, 0.3) is 5.91 Å². The van der Waals surface area contributed by atoms with Crippen LogP contribution < -0.4 is 9.80 Å². The maximum absolute atomic E-state index is 11.3. The Kier molecular flexibility index (Phi) is 2.09. The van der Waals surface area contributed by atoms with Gasteiger partial charge in [-0.2, -0.15) is 5.06 Å².